The summed E-state index contributed by atoms with van der Waals surface area (Å²) in [6, 6.07) is 27.7. The van der Waals surface area contributed by atoms with Gasteiger partial charge in [0.15, 0.2) is 0 Å². The molecular weight excluding hydrogens is 384 g/mol. The number of rotatable bonds is 3. The zero-order valence-electron chi connectivity index (χ0n) is 17.9. The second-order valence-electron chi connectivity index (χ2n) is 7.33. The van der Waals surface area contributed by atoms with Gasteiger partial charge in [0.2, 0.25) is 0 Å². The van der Waals surface area contributed by atoms with Gasteiger partial charge in [-0.25, -0.2) is 9.97 Å². The zero-order valence-corrected chi connectivity index (χ0v) is 18.7. The molecule has 5 aromatic rings. The normalized spacial score (nSPS) is 11.0. The third-order valence-corrected chi connectivity index (χ3v) is 6.14. The van der Waals surface area contributed by atoms with E-state index in [0.29, 0.717) is 0 Å². The fourth-order valence-electron chi connectivity index (χ4n) is 3.51. The van der Waals surface area contributed by atoms with E-state index in [2.05, 4.69) is 86.6 Å². The van der Waals surface area contributed by atoms with Crippen LogP contribution in [0.4, 0.5) is 0 Å². The van der Waals surface area contributed by atoms with E-state index in [9.17, 15) is 0 Å². The van der Waals surface area contributed by atoms with Gasteiger partial charge in [-0.3, -0.25) is 0 Å². The lowest BCUT2D eigenvalue weighted by atomic mass is 10.0. The van der Waals surface area contributed by atoms with Crippen LogP contribution in [0.5, 0.6) is 0 Å². The maximum Gasteiger partial charge on any atom is 0.132 e. The third kappa shape index (κ3) is 3.86. The number of aromatic nitrogens is 2. The molecule has 30 heavy (non-hydrogen) atoms. The first-order chi connectivity index (χ1) is 14.7. The molecule has 0 fully saturated rings. The van der Waals surface area contributed by atoms with Crippen molar-refractivity contribution >= 4 is 31.5 Å². The lowest BCUT2D eigenvalue weighted by Gasteiger charge is -2.11. The Labute approximate surface area is 182 Å². The van der Waals surface area contributed by atoms with Crippen LogP contribution in [0.1, 0.15) is 39.4 Å². The number of hydrogen-bond acceptors (Lipinski definition) is 3. The monoisotopic (exact) mass is 410 g/mol. The first kappa shape index (κ1) is 20.2. The highest BCUT2D eigenvalue weighted by molar-refractivity contribution is 7.25. The predicted molar refractivity (Wildman–Crippen MR) is 131 cm³/mol. The number of thiophene rings is 1. The minimum atomic E-state index is 0.274. The molecule has 2 heterocycles. The average molecular weight is 411 g/mol. The lowest BCUT2D eigenvalue weighted by Crippen LogP contribution is -2.01. The van der Waals surface area contributed by atoms with Gasteiger partial charge in [-0.2, -0.15) is 0 Å². The SMILES string of the molecule is CC.CC(C)c1nc(-c2ccccc2)cc(-c2ccc3c(c2)sc2ccccc23)n1. The molecule has 2 nitrogen and oxygen atoms in total. The Balaban J connectivity index is 0.00000106. The molecule has 0 spiro atoms. The van der Waals surface area contributed by atoms with Gasteiger partial charge in [0.05, 0.1) is 11.4 Å². The summed E-state index contributed by atoms with van der Waals surface area (Å²) in [5, 5.41) is 2.63. The lowest BCUT2D eigenvalue weighted by molar-refractivity contribution is 0.778. The van der Waals surface area contributed by atoms with Crippen molar-refractivity contribution in [1.29, 1.82) is 0 Å². The fraction of sp³-hybridized carbons (Fsp3) is 0.185. The molecule has 0 saturated heterocycles. The average Bonchev–Trinajstić information content (AvgIpc) is 3.18. The molecule has 0 saturated carbocycles. The second-order valence-corrected chi connectivity index (χ2v) is 8.41. The van der Waals surface area contributed by atoms with Crippen molar-refractivity contribution in [3.05, 3.63) is 84.7 Å². The van der Waals surface area contributed by atoms with Crippen molar-refractivity contribution in [2.75, 3.05) is 0 Å². The van der Waals surface area contributed by atoms with Crippen LogP contribution in [0.3, 0.4) is 0 Å². The molecule has 0 aliphatic carbocycles. The molecule has 0 aliphatic rings. The van der Waals surface area contributed by atoms with Gasteiger partial charge in [-0.15, -0.1) is 11.3 Å². The van der Waals surface area contributed by atoms with E-state index in [1.165, 1.54) is 20.2 Å². The summed E-state index contributed by atoms with van der Waals surface area (Å²) >= 11 is 1.84. The summed E-state index contributed by atoms with van der Waals surface area (Å²) in [4.78, 5) is 9.70. The summed E-state index contributed by atoms with van der Waals surface area (Å²) in [6.45, 7) is 8.28. The minimum Gasteiger partial charge on any atom is -0.233 e. The van der Waals surface area contributed by atoms with Crippen molar-refractivity contribution in [2.45, 2.75) is 33.6 Å². The second kappa shape index (κ2) is 8.76. The van der Waals surface area contributed by atoms with Crippen LogP contribution in [0.2, 0.25) is 0 Å². The van der Waals surface area contributed by atoms with Crippen LogP contribution >= 0.6 is 11.3 Å². The highest BCUT2D eigenvalue weighted by atomic mass is 32.1. The molecule has 150 valence electrons. The highest BCUT2D eigenvalue weighted by Gasteiger charge is 2.12. The molecule has 2 aromatic heterocycles. The van der Waals surface area contributed by atoms with Gasteiger partial charge in [-0.05, 0) is 18.2 Å². The topological polar surface area (TPSA) is 25.8 Å². The molecule has 3 aromatic carbocycles. The summed E-state index contributed by atoms with van der Waals surface area (Å²) in [6.07, 6.45) is 0. The molecule has 0 atom stereocenters. The molecule has 0 radical (unpaired) electrons. The standard InChI is InChI=1S/C25H20N2S.C2H6/c1-16(2)25-26-21(17-8-4-3-5-9-17)15-22(27-25)18-12-13-20-19-10-6-7-11-23(19)28-24(20)14-18;1-2/h3-16H,1-2H3;1-2H3. The maximum atomic E-state index is 4.88. The smallest absolute Gasteiger partial charge is 0.132 e. The fourth-order valence-corrected chi connectivity index (χ4v) is 4.66. The van der Waals surface area contributed by atoms with Gasteiger partial charge < -0.3 is 0 Å². The van der Waals surface area contributed by atoms with E-state index >= 15 is 0 Å². The molecule has 0 aliphatic heterocycles. The Morgan fingerprint density at radius 3 is 2.00 bits per heavy atom. The molecule has 0 amide bonds. The van der Waals surface area contributed by atoms with Crippen LogP contribution in [0, 0.1) is 0 Å². The Morgan fingerprint density at radius 2 is 1.27 bits per heavy atom. The van der Waals surface area contributed by atoms with Crippen LogP contribution < -0.4 is 0 Å². The van der Waals surface area contributed by atoms with Gasteiger partial charge in [0.25, 0.3) is 0 Å². The van der Waals surface area contributed by atoms with Crippen molar-refractivity contribution in [2.24, 2.45) is 0 Å². The molecular formula is C27H26N2S. The summed E-state index contributed by atoms with van der Waals surface area (Å²) in [7, 11) is 0. The van der Waals surface area contributed by atoms with Crippen LogP contribution in [0.25, 0.3) is 42.7 Å². The van der Waals surface area contributed by atoms with Crippen LogP contribution in [-0.4, -0.2) is 9.97 Å². The minimum absolute atomic E-state index is 0.274. The molecule has 0 N–H and O–H groups in total. The Bertz CT molecular complexity index is 1290. The van der Waals surface area contributed by atoms with E-state index in [-0.39, 0.29) is 5.92 Å². The van der Waals surface area contributed by atoms with Crippen molar-refractivity contribution < 1.29 is 0 Å². The summed E-state index contributed by atoms with van der Waals surface area (Å²) in [5.74, 6) is 1.16. The Hall–Kier alpha value is -3.04. The largest absolute Gasteiger partial charge is 0.233 e. The summed E-state index contributed by atoms with van der Waals surface area (Å²) in [5.41, 5.74) is 4.22. The quantitative estimate of drug-likeness (QED) is 0.299. The number of benzene rings is 3. The van der Waals surface area contributed by atoms with E-state index in [4.69, 9.17) is 9.97 Å². The van der Waals surface area contributed by atoms with Gasteiger partial charge in [0.1, 0.15) is 5.82 Å². The van der Waals surface area contributed by atoms with Crippen LogP contribution in [0.15, 0.2) is 78.9 Å². The molecule has 5 rings (SSSR count). The number of hydrogen-bond donors (Lipinski definition) is 0. The van der Waals surface area contributed by atoms with E-state index in [0.717, 1.165) is 28.3 Å². The first-order valence-corrected chi connectivity index (χ1v) is 11.4. The predicted octanol–water partition coefficient (Wildman–Crippen LogP) is 8.33. The van der Waals surface area contributed by atoms with Crippen molar-refractivity contribution in [3.8, 4) is 22.5 Å². The van der Waals surface area contributed by atoms with Gasteiger partial charge in [0, 0.05) is 37.2 Å². The van der Waals surface area contributed by atoms with Crippen molar-refractivity contribution in [1.82, 2.24) is 9.97 Å². The van der Waals surface area contributed by atoms with E-state index in [1.807, 2.05) is 31.3 Å². The molecule has 3 heteroatoms. The van der Waals surface area contributed by atoms with Gasteiger partial charge >= 0.3 is 0 Å². The molecule has 0 unspecified atom stereocenters. The molecule has 0 bridgehead atoms. The van der Waals surface area contributed by atoms with E-state index < -0.39 is 0 Å². The Morgan fingerprint density at radius 1 is 0.633 bits per heavy atom. The van der Waals surface area contributed by atoms with Crippen LogP contribution in [-0.2, 0) is 0 Å². The van der Waals surface area contributed by atoms with E-state index in [1.54, 1.807) is 0 Å². The Kier molecular flexibility index (Phi) is 5.91. The maximum absolute atomic E-state index is 4.88. The third-order valence-electron chi connectivity index (χ3n) is 5.00. The van der Waals surface area contributed by atoms with Crippen molar-refractivity contribution in [3.63, 3.8) is 0 Å². The number of nitrogens with zero attached hydrogens (tertiary/aromatic N) is 2. The van der Waals surface area contributed by atoms with Gasteiger partial charge in [-0.1, -0.05) is 88.4 Å². The summed E-state index contributed by atoms with van der Waals surface area (Å²) < 4.78 is 2.62. The highest BCUT2D eigenvalue weighted by Crippen LogP contribution is 2.36. The zero-order chi connectivity index (χ0) is 21.1. The number of fused-ring (bicyclic) bond motifs is 3. The first-order valence-electron chi connectivity index (χ1n) is 10.5.